The second-order valence-electron chi connectivity index (χ2n) is 3.16. The predicted molar refractivity (Wildman–Crippen MR) is 85.8 cm³/mol. The summed E-state index contributed by atoms with van der Waals surface area (Å²) in [5.74, 6) is -0.0762. The van der Waals surface area contributed by atoms with Crippen molar-refractivity contribution in [3.63, 3.8) is 0 Å². The van der Waals surface area contributed by atoms with Gasteiger partial charge < -0.3 is 10.4 Å². The average Bonchev–Trinajstić information content (AvgIpc) is 2.29. The Morgan fingerprint density at radius 3 is 2.25 bits per heavy atom. The van der Waals surface area contributed by atoms with Crippen LogP contribution in [0.5, 0.6) is 5.75 Å². The normalized spacial score (nSPS) is 7.40. The van der Waals surface area contributed by atoms with Crippen molar-refractivity contribution in [1.82, 2.24) is 5.32 Å². The zero-order valence-electron chi connectivity index (χ0n) is 8.63. The van der Waals surface area contributed by atoms with Gasteiger partial charge in [0.15, 0.2) is 0 Å². The van der Waals surface area contributed by atoms with Gasteiger partial charge in [-0.05, 0) is 29.6 Å². The Bertz CT molecular complexity index is 398. The molecule has 1 aromatic carbocycles. The van der Waals surface area contributed by atoms with Crippen LogP contribution in [0.3, 0.4) is 0 Å². The molecule has 0 saturated heterocycles. The van der Waals surface area contributed by atoms with Gasteiger partial charge in [0.25, 0.3) is 0 Å². The van der Waals surface area contributed by atoms with Crippen molar-refractivity contribution in [2.24, 2.45) is 5.11 Å². The number of azide groups is 1. The van der Waals surface area contributed by atoms with Gasteiger partial charge in [-0.2, -0.15) is 0 Å². The van der Waals surface area contributed by atoms with Crippen LogP contribution < -0.4 is 5.32 Å². The van der Waals surface area contributed by atoms with Gasteiger partial charge in [0.2, 0.25) is 5.91 Å². The lowest BCUT2D eigenvalue weighted by molar-refractivity contribution is -0.119. The van der Waals surface area contributed by atoms with E-state index in [1.807, 2.05) is 0 Å². The van der Waals surface area contributed by atoms with Gasteiger partial charge in [0.05, 0.1) is 0 Å². The fourth-order valence-corrected chi connectivity index (χ4v) is 1.16. The number of carbonyl (C=O) groups excluding carboxylic acids is 1. The van der Waals surface area contributed by atoms with E-state index in [1.54, 1.807) is 24.3 Å². The van der Waals surface area contributed by atoms with Crippen molar-refractivity contribution in [3.05, 3.63) is 40.3 Å². The number of nitrogens with one attached hydrogen (secondary N) is 1. The Labute approximate surface area is 122 Å². The number of aromatic hydroxyl groups is 1. The van der Waals surface area contributed by atoms with E-state index in [0.29, 0.717) is 13.0 Å². The molecule has 0 aliphatic rings. The lowest BCUT2D eigenvalue weighted by Crippen LogP contribution is -2.27. The summed E-state index contributed by atoms with van der Waals surface area (Å²) in [7, 11) is 0. The van der Waals surface area contributed by atoms with Crippen molar-refractivity contribution in [1.29, 1.82) is 0 Å². The summed E-state index contributed by atoms with van der Waals surface area (Å²) in [5, 5.41) is 14.8. The number of rotatable bonds is 5. The number of nitrogens with zero attached hydrogens (tertiary/aromatic N) is 3. The number of benzene rings is 1. The van der Waals surface area contributed by atoms with Gasteiger partial charge in [0.1, 0.15) is 12.3 Å². The lowest BCUT2D eigenvalue weighted by atomic mass is 10.1. The zero-order valence-corrected chi connectivity index (χ0v) is 8.63. The molecule has 0 aliphatic heterocycles. The fourth-order valence-electron chi connectivity index (χ4n) is 1.16. The first-order chi connectivity index (χ1) is 7.72. The number of hydrogen-bond acceptors (Lipinski definition) is 3. The Morgan fingerprint density at radius 1 is 1.20 bits per heavy atom. The molecule has 0 saturated carbocycles. The summed E-state index contributed by atoms with van der Waals surface area (Å²) in [6, 6.07) is 6.76. The number of phenols is 1. The largest absolute Gasteiger partial charge is 0.508 e. The molecule has 6 nitrogen and oxygen atoms in total. The van der Waals surface area contributed by atoms with Crippen LogP contribution in [-0.4, -0.2) is 24.1 Å². The Morgan fingerprint density at radius 2 is 1.75 bits per heavy atom. The highest BCUT2D eigenvalue weighted by atomic mass is 16.3. The standard InChI is InChI=1S/C10H12N4O2.4CH4/c11-14-13-7-10(16)12-6-5-8-1-3-9(15)4-2-8;;;;/h1-4,15H,5-7H2,(H,12,16);4*1H4. The number of amides is 1. The Kier molecular flexibility index (Phi) is 19.6. The molecule has 1 aromatic rings. The summed E-state index contributed by atoms with van der Waals surface area (Å²) >= 11 is 0. The first kappa shape index (κ1) is 26.4. The molecule has 0 heterocycles. The van der Waals surface area contributed by atoms with Crippen molar-refractivity contribution in [2.75, 3.05) is 13.1 Å². The second kappa shape index (κ2) is 14.9. The van der Waals surface area contributed by atoms with E-state index in [1.165, 1.54) is 0 Å². The number of phenolic OH excluding ortho intramolecular Hbond substituents is 1. The Hall–Kier alpha value is -2.20. The molecular formula is C14H28N4O2. The molecule has 1 amide bonds. The van der Waals surface area contributed by atoms with Crippen LogP contribution in [0.2, 0.25) is 0 Å². The molecule has 1 rings (SSSR count). The van der Waals surface area contributed by atoms with Gasteiger partial charge in [0, 0.05) is 11.5 Å². The van der Waals surface area contributed by atoms with E-state index in [2.05, 4.69) is 15.3 Å². The van der Waals surface area contributed by atoms with E-state index < -0.39 is 0 Å². The first-order valence-electron chi connectivity index (χ1n) is 4.78. The van der Waals surface area contributed by atoms with Crippen LogP contribution in [-0.2, 0) is 11.2 Å². The first-order valence-corrected chi connectivity index (χ1v) is 4.78. The van der Waals surface area contributed by atoms with Crippen LogP contribution in [0, 0.1) is 0 Å². The zero-order chi connectivity index (χ0) is 11.8. The molecule has 0 spiro atoms. The molecule has 0 aliphatic carbocycles. The highest BCUT2D eigenvalue weighted by Gasteiger charge is 1.98. The minimum absolute atomic E-state index is 0. The van der Waals surface area contributed by atoms with Crippen LogP contribution in [0.15, 0.2) is 29.4 Å². The average molecular weight is 284 g/mol. The molecule has 0 atom stereocenters. The van der Waals surface area contributed by atoms with Crippen molar-refractivity contribution >= 4 is 5.91 Å². The second-order valence-corrected chi connectivity index (χ2v) is 3.16. The molecule has 0 radical (unpaired) electrons. The van der Waals surface area contributed by atoms with Gasteiger partial charge in [-0.25, -0.2) is 0 Å². The van der Waals surface area contributed by atoms with Gasteiger partial charge in [-0.15, -0.1) is 0 Å². The van der Waals surface area contributed by atoms with Crippen molar-refractivity contribution in [2.45, 2.75) is 36.1 Å². The molecule has 0 aromatic heterocycles. The molecule has 0 unspecified atom stereocenters. The van der Waals surface area contributed by atoms with E-state index in [9.17, 15) is 4.79 Å². The molecule has 0 bridgehead atoms. The summed E-state index contributed by atoms with van der Waals surface area (Å²) in [6.07, 6.45) is 0.669. The van der Waals surface area contributed by atoms with E-state index in [0.717, 1.165) is 5.56 Å². The smallest absolute Gasteiger partial charge is 0.225 e. The topological polar surface area (TPSA) is 98.1 Å². The third-order valence-corrected chi connectivity index (χ3v) is 1.95. The van der Waals surface area contributed by atoms with E-state index >= 15 is 0 Å². The van der Waals surface area contributed by atoms with Crippen molar-refractivity contribution in [3.8, 4) is 5.75 Å². The third-order valence-electron chi connectivity index (χ3n) is 1.95. The summed E-state index contributed by atoms with van der Waals surface area (Å²) in [6.45, 7) is 0.302. The summed E-state index contributed by atoms with van der Waals surface area (Å²) < 4.78 is 0. The fraction of sp³-hybridized carbons (Fsp3) is 0.500. The van der Waals surface area contributed by atoms with Crippen LogP contribution in [0.4, 0.5) is 0 Å². The maximum Gasteiger partial charge on any atom is 0.225 e. The van der Waals surface area contributed by atoms with E-state index in [-0.39, 0.29) is 47.9 Å². The Balaban J connectivity index is -0.000000320. The van der Waals surface area contributed by atoms with Crippen molar-refractivity contribution < 1.29 is 9.90 Å². The highest BCUT2D eigenvalue weighted by Crippen LogP contribution is 2.09. The maximum atomic E-state index is 11.0. The molecule has 20 heavy (non-hydrogen) atoms. The minimum Gasteiger partial charge on any atom is -0.508 e. The highest BCUT2D eigenvalue weighted by molar-refractivity contribution is 5.78. The molecular weight excluding hydrogens is 256 g/mol. The van der Waals surface area contributed by atoms with Gasteiger partial charge in [-0.3, -0.25) is 4.79 Å². The minimum atomic E-state index is -0.295. The van der Waals surface area contributed by atoms with Crippen LogP contribution in [0.1, 0.15) is 35.3 Å². The van der Waals surface area contributed by atoms with E-state index in [4.69, 9.17) is 10.6 Å². The molecule has 116 valence electrons. The SMILES string of the molecule is C.C.C.C.[N-]=[N+]=NCC(=O)NCCc1ccc(O)cc1. The van der Waals surface area contributed by atoms with Crippen LogP contribution in [0.25, 0.3) is 10.4 Å². The predicted octanol–water partition coefficient (Wildman–Crippen LogP) is 3.91. The maximum absolute atomic E-state index is 11.0. The molecule has 2 N–H and O–H groups in total. The molecule has 6 heteroatoms. The number of carbonyl (C=O) groups is 1. The lowest BCUT2D eigenvalue weighted by Gasteiger charge is -2.03. The van der Waals surface area contributed by atoms with Crippen LogP contribution >= 0.6 is 0 Å². The monoisotopic (exact) mass is 284 g/mol. The molecule has 0 fully saturated rings. The van der Waals surface area contributed by atoms with Gasteiger partial charge in [-0.1, -0.05) is 47.0 Å². The summed E-state index contributed by atoms with van der Waals surface area (Å²) in [4.78, 5) is 13.5. The van der Waals surface area contributed by atoms with Gasteiger partial charge >= 0.3 is 0 Å². The summed E-state index contributed by atoms with van der Waals surface area (Å²) in [5.41, 5.74) is 9.01. The quantitative estimate of drug-likeness (QED) is 0.487. The third kappa shape index (κ3) is 10.9. The number of hydrogen-bond donors (Lipinski definition) is 2.